The van der Waals surface area contributed by atoms with E-state index in [1.165, 1.54) is 11.8 Å². The maximum absolute atomic E-state index is 11.9. The van der Waals surface area contributed by atoms with Gasteiger partial charge in [0.05, 0.1) is 5.75 Å². The molecule has 1 atom stereocenters. The Morgan fingerprint density at radius 2 is 2.14 bits per heavy atom. The number of hydrogen-bond donors (Lipinski definition) is 1. The topological polar surface area (TPSA) is 72.7 Å². The fourth-order valence-electron chi connectivity index (χ4n) is 1.78. The van der Waals surface area contributed by atoms with Gasteiger partial charge in [0.1, 0.15) is 0 Å². The lowest BCUT2D eigenvalue weighted by molar-refractivity contribution is -0.119. The van der Waals surface area contributed by atoms with E-state index in [1.54, 1.807) is 12.4 Å². The summed E-state index contributed by atoms with van der Waals surface area (Å²) in [7, 11) is 1.89. The molecule has 0 spiro atoms. The van der Waals surface area contributed by atoms with Crippen molar-refractivity contribution in [3.8, 4) is 11.4 Å². The molecule has 2 aromatic heterocycles. The molecule has 0 aromatic carbocycles. The minimum Gasteiger partial charge on any atom is -0.353 e. The van der Waals surface area contributed by atoms with E-state index < -0.39 is 0 Å². The van der Waals surface area contributed by atoms with Crippen LogP contribution in [0.1, 0.15) is 20.8 Å². The Hall–Kier alpha value is -1.89. The van der Waals surface area contributed by atoms with Gasteiger partial charge in [0, 0.05) is 31.0 Å². The first kappa shape index (κ1) is 16.5. The third kappa shape index (κ3) is 4.07. The van der Waals surface area contributed by atoms with E-state index in [2.05, 4.69) is 34.3 Å². The fraction of sp³-hybridized carbons (Fsp3) is 0.467. The van der Waals surface area contributed by atoms with Gasteiger partial charge >= 0.3 is 0 Å². The molecule has 2 rings (SSSR count). The van der Waals surface area contributed by atoms with Crippen molar-refractivity contribution in [2.45, 2.75) is 32.0 Å². The van der Waals surface area contributed by atoms with Crippen LogP contribution < -0.4 is 5.32 Å². The molecule has 2 aromatic rings. The molecule has 7 heteroatoms. The van der Waals surface area contributed by atoms with E-state index in [-0.39, 0.29) is 11.9 Å². The first-order chi connectivity index (χ1) is 10.5. The van der Waals surface area contributed by atoms with E-state index in [4.69, 9.17) is 0 Å². The first-order valence-corrected chi connectivity index (χ1v) is 8.19. The molecule has 0 unspecified atom stereocenters. The highest BCUT2D eigenvalue weighted by atomic mass is 32.2. The lowest BCUT2D eigenvalue weighted by Gasteiger charge is -2.17. The van der Waals surface area contributed by atoms with Crippen LogP contribution in [0.2, 0.25) is 0 Å². The third-order valence-corrected chi connectivity index (χ3v) is 4.50. The highest BCUT2D eigenvalue weighted by Gasteiger charge is 2.15. The molecule has 1 amide bonds. The van der Waals surface area contributed by atoms with E-state index in [0.717, 1.165) is 11.4 Å². The average molecular weight is 319 g/mol. The van der Waals surface area contributed by atoms with Crippen LogP contribution in [-0.4, -0.2) is 37.5 Å². The Labute approximate surface area is 134 Å². The molecule has 0 saturated carbocycles. The van der Waals surface area contributed by atoms with Crippen molar-refractivity contribution in [2.24, 2.45) is 13.0 Å². The summed E-state index contributed by atoms with van der Waals surface area (Å²) in [6, 6.07) is 3.96. The second kappa shape index (κ2) is 7.40. The van der Waals surface area contributed by atoms with Crippen molar-refractivity contribution in [1.29, 1.82) is 0 Å². The van der Waals surface area contributed by atoms with Crippen molar-refractivity contribution >= 4 is 17.7 Å². The second-order valence-electron chi connectivity index (χ2n) is 5.50. The fourth-order valence-corrected chi connectivity index (χ4v) is 2.50. The van der Waals surface area contributed by atoms with Gasteiger partial charge in [-0.05, 0) is 25.0 Å². The first-order valence-electron chi connectivity index (χ1n) is 7.21. The zero-order valence-electron chi connectivity index (χ0n) is 13.3. The maximum Gasteiger partial charge on any atom is 0.230 e. The van der Waals surface area contributed by atoms with Crippen molar-refractivity contribution in [1.82, 2.24) is 25.1 Å². The Balaban J connectivity index is 1.97. The van der Waals surface area contributed by atoms with Crippen LogP contribution in [0.5, 0.6) is 0 Å². The SMILES string of the molecule is CC(C)[C@@H](C)NC(=O)CSc1nnc(-c2cccnc2)n1C. The predicted octanol–water partition coefficient (Wildman–Crippen LogP) is 2.13. The van der Waals surface area contributed by atoms with Gasteiger partial charge in [-0.15, -0.1) is 10.2 Å². The standard InChI is InChI=1S/C15H21N5OS/c1-10(2)11(3)17-13(21)9-22-15-19-18-14(20(15)4)12-6-5-7-16-8-12/h5-8,10-11H,9H2,1-4H3,(H,17,21)/t11-/m1/s1. The van der Waals surface area contributed by atoms with E-state index in [1.807, 2.05) is 30.7 Å². The third-order valence-electron chi connectivity index (χ3n) is 3.48. The number of carbonyl (C=O) groups is 1. The smallest absolute Gasteiger partial charge is 0.230 e. The monoisotopic (exact) mass is 319 g/mol. The molecule has 6 nitrogen and oxygen atoms in total. The minimum absolute atomic E-state index is 0.0112. The number of pyridine rings is 1. The zero-order chi connectivity index (χ0) is 16.1. The van der Waals surface area contributed by atoms with Crippen LogP contribution in [0, 0.1) is 5.92 Å². The van der Waals surface area contributed by atoms with Crippen LogP contribution in [0.15, 0.2) is 29.7 Å². The highest BCUT2D eigenvalue weighted by molar-refractivity contribution is 7.99. The summed E-state index contributed by atoms with van der Waals surface area (Å²) in [5.41, 5.74) is 0.905. The molecule has 0 radical (unpaired) electrons. The molecular weight excluding hydrogens is 298 g/mol. The number of amides is 1. The quantitative estimate of drug-likeness (QED) is 0.826. The largest absolute Gasteiger partial charge is 0.353 e. The average Bonchev–Trinajstić information content (AvgIpc) is 2.87. The molecule has 0 bridgehead atoms. The van der Waals surface area contributed by atoms with E-state index in [9.17, 15) is 4.79 Å². The molecule has 2 heterocycles. The number of nitrogens with one attached hydrogen (secondary N) is 1. The van der Waals surface area contributed by atoms with Crippen molar-refractivity contribution in [3.05, 3.63) is 24.5 Å². The summed E-state index contributed by atoms with van der Waals surface area (Å²) in [6.07, 6.45) is 3.46. The molecule has 0 aliphatic rings. The number of carbonyl (C=O) groups excluding carboxylic acids is 1. The molecule has 0 fully saturated rings. The number of aromatic nitrogens is 4. The van der Waals surface area contributed by atoms with Crippen LogP contribution in [0.4, 0.5) is 0 Å². The molecule has 0 aliphatic heterocycles. The summed E-state index contributed by atoms with van der Waals surface area (Å²) >= 11 is 1.38. The maximum atomic E-state index is 11.9. The van der Waals surface area contributed by atoms with Gasteiger partial charge in [-0.25, -0.2) is 0 Å². The molecule has 0 aliphatic carbocycles. The Kier molecular flexibility index (Phi) is 5.54. The zero-order valence-corrected chi connectivity index (χ0v) is 14.1. The van der Waals surface area contributed by atoms with Crippen LogP contribution in [0.25, 0.3) is 11.4 Å². The van der Waals surface area contributed by atoms with Gasteiger partial charge in [-0.2, -0.15) is 0 Å². The van der Waals surface area contributed by atoms with Crippen LogP contribution in [-0.2, 0) is 11.8 Å². The van der Waals surface area contributed by atoms with Gasteiger partial charge in [0.2, 0.25) is 5.91 Å². The number of nitrogens with zero attached hydrogens (tertiary/aromatic N) is 4. The van der Waals surface area contributed by atoms with Crippen molar-refractivity contribution in [3.63, 3.8) is 0 Å². The number of hydrogen-bond acceptors (Lipinski definition) is 5. The Bertz CT molecular complexity index is 626. The summed E-state index contributed by atoms with van der Waals surface area (Å²) in [4.78, 5) is 16.0. The molecule has 22 heavy (non-hydrogen) atoms. The van der Waals surface area contributed by atoms with Gasteiger partial charge in [-0.3, -0.25) is 9.78 Å². The van der Waals surface area contributed by atoms with E-state index >= 15 is 0 Å². The summed E-state index contributed by atoms with van der Waals surface area (Å²) < 4.78 is 1.88. The second-order valence-corrected chi connectivity index (χ2v) is 6.44. The number of rotatable bonds is 6. The van der Waals surface area contributed by atoms with Gasteiger partial charge in [0.25, 0.3) is 0 Å². The predicted molar refractivity (Wildman–Crippen MR) is 87.4 cm³/mol. The summed E-state index contributed by atoms with van der Waals surface area (Å²) in [6.45, 7) is 6.18. The highest BCUT2D eigenvalue weighted by Crippen LogP contribution is 2.21. The Morgan fingerprint density at radius 3 is 2.77 bits per heavy atom. The molecule has 0 saturated heterocycles. The van der Waals surface area contributed by atoms with E-state index in [0.29, 0.717) is 16.8 Å². The molecular formula is C15H21N5OS. The van der Waals surface area contributed by atoms with Crippen LogP contribution >= 0.6 is 11.8 Å². The van der Waals surface area contributed by atoms with Gasteiger partial charge in [-0.1, -0.05) is 25.6 Å². The van der Waals surface area contributed by atoms with Gasteiger partial charge in [0.15, 0.2) is 11.0 Å². The normalized spacial score (nSPS) is 12.4. The lowest BCUT2D eigenvalue weighted by atomic mass is 10.1. The summed E-state index contributed by atoms with van der Waals surface area (Å²) in [5, 5.41) is 12.0. The van der Waals surface area contributed by atoms with Crippen molar-refractivity contribution in [2.75, 3.05) is 5.75 Å². The lowest BCUT2D eigenvalue weighted by Crippen LogP contribution is -2.37. The van der Waals surface area contributed by atoms with Crippen LogP contribution in [0.3, 0.4) is 0 Å². The molecule has 1 N–H and O–H groups in total. The van der Waals surface area contributed by atoms with Gasteiger partial charge < -0.3 is 9.88 Å². The minimum atomic E-state index is 0.0112. The van der Waals surface area contributed by atoms with Crippen molar-refractivity contribution < 1.29 is 4.79 Å². The number of thioether (sulfide) groups is 1. The molecule has 118 valence electrons. The summed E-state index contributed by atoms with van der Waals surface area (Å²) in [5.74, 6) is 1.50. The Morgan fingerprint density at radius 1 is 1.36 bits per heavy atom.